The van der Waals surface area contributed by atoms with E-state index in [1.807, 2.05) is 24.3 Å². The number of amides is 1. The van der Waals surface area contributed by atoms with E-state index >= 15 is 0 Å². The lowest BCUT2D eigenvalue weighted by atomic mass is 10.1. The number of carbonyl (C=O) groups excluding carboxylic acids is 1. The summed E-state index contributed by atoms with van der Waals surface area (Å²) in [5.74, 6) is 1.11. The van der Waals surface area contributed by atoms with Gasteiger partial charge < -0.3 is 19.5 Å². The van der Waals surface area contributed by atoms with Crippen LogP contribution in [-0.2, 0) is 21.2 Å². The fraction of sp³-hybridized carbons (Fsp3) is 0.381. The summed E-state index contributed by atoms with van der Waals surface area (Å²) < 4.78 is 41.8. The van der Waals surface area contributed by atoms with Crippen molar-refractivity contribution in [2.75, 3.05) is 38.4 Å². The number of nitrogens with zero attached hydrogens (tertiary/aromatic N) is 1. The van der Waals surface area contributed by atoms with Gasteiger partial charge in [-0.2, -0.15) is 0 Å². The maximum Gasteiger partial charge on any atom is 0.243 e. The number of sulfonamides is 1. The number of anilines is 1. The predicted molar refractivity (Wildman–Crippen MR) is 116 cm³/mol. The topological polar surface area (TPSA) is 94.2 Å². The van der Waals surface area contributed by atoms with Crippen LogP contribution >= 0.6 is 0 Å². The fourth-order valence-corrected chi connectivity index (χ4v) is 4.19. The summed E-state index contributed by atoms with van der Waals surface area (Å²) in [4.78, 5) is 12.7. The molecular formula is C21H28N2O6S. The summed E-state index contributed by atoms with van der Waals surface area (Å²) in [6, 6.07) is 11.3. The van der Waals surface area contributed by atoms with Crippen molar-refractivity contribution in [2.45, 2.75) is 19.4 Å². The molecule has 1 amide bonds. The van der Waals surface area contributed by atoms with E-state index in [-0.39, 0.29) is 5.69 Å². The van der Waals surface area contributed by atoms with Gasteiger partial charge in [0.1, 0.15) is 23.3 Å². The molecule has 2 aromatic rings. The van der Waals surface area contributed by atoms with Crippen molar-refractivity contribution < 1.29 is 27.4 Å². The van der Waals surface area contributed by atoms with Crippen LogP contribution in [-0.4, -0.2) is 54.5 Å². The van der Waals surface area contributed by atoms with E-state index < -0.39 is 22.0 Å². The minimum absolute atomic E-state index is 0.233. The van der Waals surface area contributed by atoms with Gasteiger partial charge in [0, 0.05) is 12.6 Å². The SMILES string of the molecule is COc1ccc(CCNC(=O)C(C)N(c2cc(OC)ccc2OC)S(C)(=O)=O)cc1. The molecule has 1 atom stereocenters. The van der Waals surface area contributed by atoms with Crippen LogP contribution in [0.1, 0.15) is 12.5 Å². The molecule has 2 aromatic carbocycles. The van der Waals surface area contributed by atoms with Crippen molar-refractivity contribution in [1.29, 1.82) is 0 Å². The quantitative estimate of drug-likeness (QED) is 0.614. The Balaban J connectivity index is 2.16. The Kier molecular flexibility index (Phi) is 7.93. The standard InChI is InChI=1S/C21H28N2O6S/c1-15(21(24)22-13-12-16-6-8-17(27-2)9-7-16)23(30(5,25)26)19-14-18(28-3)10-11-20(19)29-4/h6-11,14-15H,12-13H2,1-5H3,(H,22,24). The molecule has 0 spiro atoms. The average molecular weight is 437 g/mol. The van der Waals surface area contributed by atoms with E-state index in [1.165, 1.54) is 27.2 Å². The van der Waals surface area contributed by atoms with Gasteiger partial charge in [0.2, 0.25) is 15.9 Å². The molecule has 0 aliphatic carbocycles. The Morgan fingerprint density at radius 2 is 1.60 bits per heavy atom. The van der Waals surface area contributed by atoms with Gasteiger partial charge in [-0.15, -0.1) is 0 Å². The van der Waals surface area contributed by atoms with E-state index in [1.54, 1.807) is 19.2 Å². The molecule has 1 N–H and O–H groups in total. The van der Waals surface area contributed by atoms with Crippen molar-refractivity contribution in [1.82, 2.24) is 5.32 Å². The highest BCUT2D eigenvalue weighted by Crippen LogP contribution is 2.35. The number of hydrogen-bond donors (Lipinski definition) is 1. The number of benzene rings is 2. The maximum absolute atomic E-state index is 12.7. The van der Waals surface area contributed by atoms with Crippen molar-refractivity contribution in [3.05, 3.63) is 48.0 Å². The van der Waals surface area contributed by atoms with E-state index in [0.717, 1.165) is 21.9 Å². The molecule has 30 heavy (non-hydrogen) atoms. The van der Waals surface area contributed by atoms with Crippen LogP contribution in [0.4, 0.5) is 5.69 Å². The zero-order chi connectivity index (χ0) is 22.3. The summed E-state index contributed by atoms with van der Waals surface area (Å²) in [5.41, 5.74) is 1.26. The molecule has 9 heteroatoms. The van der Waals surface area contributed by atoms with Gasteiger partial charge in [0.15, 0.2) is 0 Å². The molecule has 0 bridgehead atoms. The van der Waals surface area contributed by atoms with E-state index in [4.69, 9.17) is 14.2 Å². The summed E-state index contributed by atoms with van der Waals surface area (Å²) in [6.07, 6.45) is 1.65. The normalized spacial score (nSPS) is 12.0. The van der Waals surface area contributed by atoms with Crippen LogP contribution < -0.4 is 23.8 Å². The van der Waals surface area contributed by atoms with E-state index in [9.17, 15) is 13.2 Å². The summed E-state index contributed by atoms with van der Waals surface area (Å²) >= 11 is 0. The lowest BCUT2D eigenvalue weighted by molar-refractivity contribution is -0.121. The highest BCUT2D eigenvalue weighted by atomic mass is 32.2. The molecule has 0 aliphatic rings. The Hall–Kier alpha value is -2.94. The van der Waals surface area contributed by atoms with Crippen LogP contribution in [0.3, 0.4) is 0 Å². The number of ether oxygens (including phenoxy) is 3. The second kappa shape index (κ2) is 10.2. The summed E-state index contributed by atoms with van der Waals surface area (Å²) in [6.45, 7) is 1.89. The van der Waals surface area contributed by atoms with Gasteiger partial charge in [0.25, 0.3) is 0 Å². The zero-order valence-electron chi connectivity index (χ0n) is 17.8. The minimum Gasteiger partial charge on any atom is -0.497 e. The van der Waals surface area contributed by atoms with Crippen LogP contribution in [0.15, 0.2) is 42.5 Å². The Morgan fingerprint density at radius 3 is 2.13 bits per heavy atom. The average Bonchev–Trinajstić information content (AvgIpc) is 2.73. The largest absolute Gasteiger partial charge is 0.497 e. The van der Waals surface area contributed by atoms with Gasteiger partial charge in [-0.3, -0.25) is 9.10 Å². The molecule has 0 aliphatic heterocycles. The highest BCUT2D eigenvalue weighted by molar-refractivity contribution is 7.92. The fourth-order valence-electron chi connectivity index (χ4n) is 3.02. The van der Waals surface area contributed by atoms with Crippen molar-refractivity contribution in [3.8, 4) is 17.2 Å². The third kappa shape index (κ3) is 5.79. The first-order valence-electron chi connectivity index (χ1n) is 9.33. The second-order valence-corrected chi connectivity index (χ2v) is 8.52. The summed E-state index contributed by atoms with van der Waals surface area (Å²) in [7, 11) is 0.731. The maximum atomic E-state index is 12.7. The molecule has 8 nitrogen and oxygen atoms in total. The number of nitrogens with one attached hydrogen (secondary N) is 1. The molecular weight excluding hydrogens is 408 g/mol. The molecule has 1 unspecified atom stereocenters. The number of hydrogen-bond acceptors (Lipinski definition) is 6. The van der Waals surface area contributed by atoms with Crippen molar-refractivity contribution in [2.24, 2.45) is 0 Å². The van der Waals surface area contributed by atoms with Gasteiger partial charge in [0.05, 0.1) is 33.3 Å². The minimum atomic E-state index is -3.78. The summed E-state index contributed by atoms with van der Waals surface area (Å²) in [5, 5.41) is 2.80. The molecule has 2 rings (SSSR count). The highest BCUT2D eigenvalue weighted by Gasteiger charge is 2.31. The van der Waals surface area contributed by atoms with Gasteiger partial charge in [-0.1, -0.05) is 12.1 Å². The van der Waals surface area contributed by atoms with Crippen molar-refractivity contribution >= 4 is 21.6 Å². The molecule has 0 heterocycles. The second-order valence-electron chi connectivity index (χ2n) is 6.66. The Bertz CT molecular complexity index is 960. The first-order chi connectivity index (χ1) is 14.2. The monoisotopic (exact) mass is 436 g/mol. The smallest absolute Gasteiger partial charge is 0.243 e. The molecule has 0 fully saturated rings. The first kappa shape index (κ1) is 23.3. The van der Waals surface area contributed by atoms with Gasteiger partial charge >= 0.3 is 0 Å². The Morgan fingerprint density at radius 1 is 1.00 bits per heavy atom. The Labute approximate surface area is 177 Å². The third-order valence-corrected chi connectivity index (χ3v) is 5.81. The predicted octanol–water partition coefficient (Wildman–Crippen LogP) is 2.23. The lowest BCUT2D eigenvalue weighted by Gasteiger charge is -2.29. The van der Waals surface area contributed by atoms with Crippen LogP contribution in [0.25, 0.3) is 0 Å². The lowest BCUT2D eigenvalue weighted by Crippen LogP contribution is -2.48. The molecule has 0 radical (unpaired) electrons. The third-order valence-electron chi connectivity index (χ3n) is 4.58. The number of rotatable bonds is 10. The zero-order valence-corrected chi connectivity index (χ0v) is 18.7. The number of carbonyl (C=O) groups is 1. The molecule has 0 saturated carbocycles. The van der Waals surface area contributed by atoms with Crippen LogP contribution in [0, 0.1) is 0 Å². The molecule has 0 aromatic heterocycles. The van der Waals surface area contributed by atoms with Gasteiger partial charge in [-0.05, 0) is 43.2 Å². The number of methoxy groups -OCH3 is 3. The first-order valence-corrected chi connectivity index (χ1v) is 11.2. The van der Waals surface area contributed by atoms with Crippen LogP contribution in [0.5, 0.6) is 17.2 Å². The molecule has 0 saturated heterocycles. The van der Waals surface area contributed by atoms with Crippen LogP contribution in [0.2, 0.25) is 0 Å². The van der Waals surface area contributed by atoms with E-state index in [0.29, 0.717) is 24.5 Å². The van der Waals surface area contributed by atoms with E-state index in [2.05, 4.69) is 5.32 Å². The van der Waals surface area contributed by atoms with Gasteiger partial charge in [-0.25, -0.2) is 8.42 Å². The van der Waals surface area contributed by atoms with Crippen molar-refractivity contribution in [3.63, 3.8) is 0 Å². The molecule has 164 valence electrons.